The third kappa shape index (κ3) is 8.50. The molecule has 1 aliphatic heterocycles. The summed E-state index contributed by atoms with van der Waals surface area (Å²) in [5, 5.41) is 17.1. The van der Waals surface area contributed by atoms with Crippen molar-refractivity contribution in [1.29, 1.82) is 0 Å². The summed E-state index contributed by atoms with van der Waals surface area (Å²) in [6.45, 7) is -1.90. The monoisotopic (exact) mass is 653 g/mol. The van der Waals surface area contributed by atoms with E-state index in [2.05, 4.69) is 22.5 Å². The number of carbonyl (C=O) groups is 2. The minimum absolute atomic E-state index is 0.00393. The van der Waals surface area contributed by atoms with Crippen molar-refractivity contribution in [3.05, 3.63) is 48.2 Å². The van der Waals surface area contributed by atoms with Crippen LogP contribution in [0.2, 0.25) is 0 Å². The number of nitrogens with zero attached hydrogens (tertiary/aromatic N) is 2. The number of piperidine rings is 1. The minimum atomic E-state index is -4.56. The average molecular weight is 654 g/mol. The van der Waals surface area contributed by atoms with Crippen LogP contribution in [-0.4, -0.2) is 92.9 Å². The standard InChI is InChI=1S/C29H31F4N5O6S/c1-44-26-14-19(45(2,42)43)8-9-24(26)34-11-4-5-18-13-20-22(6-3-7-25(20)38(18)17-29(31,32)33)36-23-10-12-37(16-21(23)30)27(39)15-35-28(40)41/h3,6-9,13-14,21,23,34-36H,10-12,15-17H2,1-2H3,(H,40,41)/t21-,23+/m0/s1. The summed E-state index contributed by atoms with van der Waals surface area (Å²) < 4.78 is 85.8. The number of benzene rings is 2. The zero-order valence-corrected chi connectivity index (χ0v) is 25.1. The van der Waals surface area contributed by atoms with Gasteiger partial charge in [0, 0.05) is 29.9 Å². The summed E-state index contributed by atoms with van der Waals surface area (Å²) in [7, 11) is -2.10. The molecule has 0 unspecified atom stereocenters. The molecule has 2 atom stereocenters. The molecule has 1 aromatic heterocycles. The second-order valence-corrected chi connectivity index (χ2v) is 12.3. The molecule has 16 heteroatoms. The van der Waals surface area contributed by atoms with Gasteiger partial charge in [-0.25, -0.2) is 17.6 Å². The van der Waals surface area contributed by atoms with Crippen molar-refractivity contribution in [2.24, 2.45) is 0 Å². The number of likely N-dealkylation sites (tertiary alicyclic amines) is 1. The minimum Gasteiger partial charge on any atom is -0.495 e. The number of fused-ring (bicyclic) bond motifs is 1. The molecule has 4 N–H and O–H groups in total. The fourth-order valence-electron chi connectivity index (χ4n) is 4.94. The predicted octanol–water partition coefficient (Wildman–Crippen LogP) is 3.70. The molecule has 0 spiro atoms. The Morgan fingerprint density at radius 1 is 1.16 bits per heavy atom. The molecule has 0 bridgehead atoms. The van der Waals surface area contributed by atoms with Crippen LogP contribution in [0.4, 0.5) is 33.7 Å². The van der Waals surface area contributed by atoms with E-state index in [4.69, 9.17) is 9.84 Å². The first kappa shape index (κ1) is 33.2. The zero-order valence-electron chi connectivity index (χ0n) is 24.2. The van der Waals surface area contributed by atoms with Crippen LogP contribution in [0.3, 0.4) is 0 Å². The van der Waals surface area contributed by atoms with Crippen LogP contribution in [0, 0.1) is 11.8 Å². The summed E-state index contributed by atoms with van der Waals surface area (Å²) in [4.78, 5) is 24.1. The Labute approximate surface area is 256 Å². The van der Waals surface area contributed by atoms with Crippen LogP contribution in [0.5, 0.6) is 5.75 Å². The predicted molar refractivity (Wildman–Crippen MR) is 159 cm³/mol. The topological polar surface area (TPSA) is 142 Å². The number of aromatic nitrogens is 1. The van der Waals surface area contributed by atoms with E-state index in [1.54, 1.807) is 12.1 Å². The number of carboxylic acid groups (broad SMARTS) is 1. The number of halogens is 4. The highest BCUT2D eigenvalue weighted by molar-refractivity contribution is 7.90. The zero-order chi connectivity index (χ0) is 32.9. The second-order valence-electron chi connectivity index (χ2n) is 10.3. The van der Waals surface area contributed by atoms with E-state index in [1.807, 2.05) is 5.32 Å². The third-order valence-corrected chi connectivity index (χ3v) is 8.20. The maximum atomic E-state index is 15.1. The van der Waals surface area contributed by atoms with Gasteiger partial charge < -0.3 is 35.3 Å². The van der Waals surface area contributed by atoms with Gasteiger partial charge in [0.25, 0.3) is 0 Å². The van der Waals surface area contributed by atoms with Gasteiger partial charge in [-0.1, -0.05) is 12.0 Å². The number of hydrogen-bond acceptors (Lipinski definition) is 7. The number of anilines is 2. The Balaban J connectivity index is 1.54. The van der Waals surface area contributed by atoms with Gasteiger partial charge in [-0.2, -0.15) is 13.2 Å². The number of hydrogen-bond donors (Lipinski definition) is 4. The quantitative estimate of drug-likeness (QED) is 0.203. The lowest BCUT2D eigenvalue weighted by Gasteiger charge is -2.35. The number of sulfone groups is 1. The van der Waals surface area contributed by atoms with Crippen LogP contribution in [-0.2, 0) is 21.2 Å². The second kappa shape index (κ2) is 13.6. The van der Waals surface area contributed by atoms with E-state index in [-0.39, 0.29) is 47.9 Å². The van der Waals surface area contributed by atoms with Gasteiger partial charge in [-0.05, 0) is 42.7 Å². The van der Waals surface area contributed by atoms with Crippen LogP contribution < -0.4 is 20.7 Å². The molecule has 0 aliphatic carbocycles. The molecule has 4 rings (SSSR count). The van der Waals surface area contributed by atoms with Crippen molar-refractivity contribution in [3.8, 4) is 17.6 Å². The number of alkyl halides is 4. The lowest BCUT2D eigenvalue weighted by atomic mass is 10.0. The first-order chi connectivity index (χ1) is 21.2. The lowest BCUT2D eigenvalue weighted by Crippen LogP contribution is -2.52. The largest absolute Gasteiger partial charge is 0.495 e. The van der Waals surface area contributed by atoms with Crippen LogP contribution >= 0.6 is 0 Å². The smallest absolute Gasteiger partial charge is 0.406 e. The molecule has 0 radical (unpaired) electrons. The lowest BCUT2D eigenvalue weighted by molar-refractivity contribution is -0.140. The summed E-state index contributed by atoms with van der Waals surface area (Å²) in [5.41, 5.74) is 1.13. The molecule has 2 heterocycles. The molecular formula is C29H31F4N5O6S. The molecule has 1 fully saturated rings. The first-order valence-corrected chi connectivity index (χ1v) is 15.5. The van der Waals surface area contributed by atoms with Crippen molar-refractivity contribution in [2.75, 3.05) is 50.2 Å². The van der Waals surface area contributed by atoms with Gasteiger partial charge in [-0.15, -0.1) is 0 Å². The van der Waals surface area contributed by atoms with Gasteiger partial charge in [0.2, 0.25) is 5.91 Å². The van der Waals surface area contributed by atoms with Crippen molar-refractivity contribution in [1.82, 2.24) is 14.8 Å². The number of amides is 2. The number of ether oxygens (including phenoxy) is 1. The maximum Gasteiger partial charge on any atom is 0.406 e. The molecule has 1 saturated heterocycles. The number of methoxy groups -OCH3 is 1. The van der Waals surface area contributed by atoms with E-state index in [1.165, 1.54) is 42.3 Å². The summed E-state index contributed by atoms with van der Waals surface area (Å²) in [6, 6.07) is 9.65. The Morgan fingerprint density at radius 2 is 1.91 bits per heavy atom. The molecule has 2 amide bonds. The Kier molecular flexibility index (Phi) is 10.0. The molecule has 2 aromatic carbocycles. The van der Waals surface area contributed by atoms with E-state index in [9.17, 15) is 31.2 Å². The van der Waals surface area contributed by atoms with E-state index in [0.717, 1.165) is 10.8 Å². The molecule has 3 aromatic rings. The molecule has 0 saturated carbocycles. The van der Waals surface area contributed by atoms with Gasteiger partial charge >= 0.3 is 12.3 Å². The van der Waals surface area contributed by atoms with Gasteiger partial charge in [0.05, 0.1) is 48.0 Å². The van der Waals surface area contributed by atoms with Crippen molar-refractivity contribution >= 4 is 44.1 Å². The Bertz CT molecular complexity index is 1750. The van der Waals surface area contributed by atoms with E-state index >= 15 is 4.39 Å². The highest BCUT2D eigenvalue weighted by Gasteiger charge is 2.33. The summed E-state index contributed by atoms with van der Waals surface area (Å²) in [5.74, 6) is 5.24. The molecule has 11 nitrogen and oxygen atoms in total. The normalized spacial score (nSPS) is 16.9. The highest BCUT2D eigenvalue weighted by atomic mass is 32.2. The Morgan fingerprint density at radius 3 is 2.56 bits per heavy atom. The van der Waals surface area contributed by atoms with Gasteiger partial charge in [-0.3, -0.25) is 4.79 Å². The molecule has 242 valence electrons. The molecular weight excluding hydrogens is 622 g/mol. The van der Waals surface area contributed by atoms with Crippen LogP contribution in [0.25, 0.3) is 10.9 Å². The third-order valence-electron chi connectivity index (χ3n) is 7.09. The van der Waals surface area contributed by atoms with E-state index < -0.39 is 53.3 Å². The fourth-order valence-corrected chi connectivity index (χ4v) is 5.58. The van der Waals surface area contributed by atoms with Gasteiger partial charge in [0.15, 0.2) is 9.84 Å². The van der Waals surface area contributed by atoms with Crippen LogP contribution in [0.1, 0.15) is 12.1 Å². The van der Waals surface area contributed by atoms with Crippen molar-refractivity contribution in [3.63, 3.8) is 0 Å². The van der Waals surface area contributed by atoms with Crippen molar-refractivity contribution < 1.29 is 45.4 Å². The fraction of sp³-hybridized carbons (Fsp3) is 0.379. The molecule has 45 heavy (non-hydrogen) atoms. The van der Waals surface area contributed by atoms with Gasteiger partial charge in [0.1, 0.15) is 25.0 Å². The summed E-state index contributed by atoms with van der Waals surface area (Å²) in [6.07, 6.45) is -6.20. The highest BCUT2D eigenvalue weighted by Crippen LogP contribution is 2.32. The molecule has 1 aliphatic rings. The maximum absolute atomic E-state index is 15.1. The number of nitrogens with one attached hydrogen (secondary N) is 3. The Hall–Kier alpha value is -4.65. The SMILES string of the molecule is COc1cc(S(C)(=O)=O)ccc1NCC#Cc1cc2c(N[C@@H]3CCN(C(=O)CNC(=O)O)C[C@@H]3F)cccc2n1CC(F)(F)F. The van der Waals surface area contributed by atoms with Crippen molar-refractivity contribution in [2.45, 2.75) is 36.3 Å². The summed E-state index contributed by atoms with van der Waals surface area (Å²) >= 11 is 0. The van der Waals surface area contributed by atoms with Crippen LogP contribution in [0.15, 0.2) is 47.4 Å². The average Bonchev–Trinajstić information content (AvgIpc) is 3.30. The number of rotatable bonds is 9. The number of carbonyl (C=O) groups excluding carboxylic acids is 1. The van der Waals surface area contributed by atoms with E-state index in [0.29, 0.717) is 16.8 Å². The first-order valence-electron chi connectivity index (χ1n) is 13.6.